The molecule has 0 radical (unpaired) electrons. The molecule has 0 amide bonds. The molecule has 0 saturated carbocycles. The second-order valence-electron chi connectivity index (χ2n) is 2.75. The highest BCUT2D eigenvalue weighted by Gasteiger charge is 2.05. The van der Waals surface area contributed by atoms with Gasteiger partial charge in [-0.15, -0.1) is 0 Å². The molecule has 4 nitrogen and oxygen atoms in total. The average molecular weight is 177 g/mol. The number of imidazole rings is 1. The number of nitrogens with zero attached hydrogens (tertiary/aromatic N) is 3. The number of hydrogen-bond acceptors (Lipinski definition) is 3. The van der Waals surface area contributed by atoms with Crippen molar-refractivity contribution in [2.45, 2.75) is 13.3 Å². The van der Waals surface area contributed by atoms with Gasteiger partial charge in [0, 0.05) is 18.5 Å². The first kappa shape index (κ1) is 8.04. The van der Waals surface area contributed by atoms with Crippen LogP contribution in [0, 0.1) is 0 Å². The van der Waals surface area contributed by atoms with Crippen LogP contribution in [0.15, 0.2) is 18.5 Å². The third-order valence-electron chi connectivity index (χ3n) is 1.96. The van der Waals surface area contributed by atoms with Gasteiger partial charge in [-0.25, -0.2) is 9.50 Å². The van der Waals surface area contributed by atoms with Gasteiger partial charge in [-0.05, 0) is 6.42 Å². The first-order valence-electron chi connectivity index (χ1n) is 4.22. The number of aryl methyl sites for hydroxylation is 1. The number of aromatic nitrogens is 3. The van der Waals surface area contributed by atoms with Gasteiger partial charge in [0.1, 0.15) is 0 Å². The van der Waals surface area contributed by atoms with Crippen molar-refractivity contribution in [1.29, 1.82) is 0 Å². The standard InChI is InChI=1S/C9H11N3O/c1-3-7-6-8(13-2)9-10-4-5-12(9)11-7/h4-6H,3H2,1-2H3. The van der Waals surface area contributed by atoms with Crippen molar-refractivity contribution in [1.82, 2.24) is 14.6 Å². The minimum absolute atomic E-state index is 0.764. The maximum absolute atomic E-state index is 5.20. The van der Waals surface area contributed by atoms with Gasteiger partial charge >= 0.3 is 0 Å². The van der Waals surface area contributed by atoms with Gasteiger partial charge in [0.05, 0.1) is 12.8 Å². The van der Waals surface area contributed by atoms with Crippen LogP contribution in [0.5, 0.6) is 5.75 Å². The molecule has 68 valence electrons. The molecule has 13 heavy (non-hydrogen) atoms. The molecule has 0 bridgehead atoms. The predicted octanol–water partition coefficient (Wildman–Crippen LogP) is 1.30. The molecule has 0 aliphatic carbocycles. The first-order chi connectivity index (χ1) is 6.35. The van der Waals surface area contributed by atoms with Gasteiger partial charge in [0.2, 0.25) is 0 Å². The molecule has 2 rings (SSSR count). The van der Waals surface area contributed by atoms with E-state index in [0.717, 1.165) is 23.5 Å². The second-order valence-corrected chi connectivity index (χ2v) is 2.75. The third kappa shape index (κ3) is 1.24. The molecule has 0 aliphatic heterocycles. The zero-order valence-corrected chi connectivity index (χ0v) is 7.69. The average Bonchev–Trinajstić information content (AvgIpc) is 2.63. The Kier molecular flexibility index (Phi) is 1.88. The highest BCUT2D eigenvalue weighted by atomic mass is 16.5. The maximum atomic E-state index is 5.20. The Labute approximate surface area is 76.2 Å². The van der Waals surface area contributed by atoms with E-state index in [0.29, 0.717) is 0 Å². The van der Waals surface area contributed by atoms with Gasteiger partial charge < -0.3 is 4.74 Å². The van der Waals surface area contributed by atoms with Gasteiger partial charge in [-0.1, -0.05) is 6.92 Å². The van der Waals surface area contributed by atoms with Crippen molar-refractivity contribution < 1.29 is 4.74 Å². The molecule has 2 aromatic rings. The lowest BCUT2D eigenvalue weighted by Crippen LogP contribution is -1.98. The Balaban J connectivity index is 2.70. The highest BCUT2D eigenvalue weighted by Crippen LogP contribution is 2.17. The van der Waals surface area contributed by atoms with Crippen molar-refractivity contribution >= 4 is 5.65 Å². The lowest BCUT2D eigenvalue weighted by Gasteiger charge is -2.03. The normalized spacial score (nSPS) is 10.6. The molecule has 2 aromatic heterocycles. The fraction of sp³-hybridized carbons (Fsp3) is 0.333. The molecule has 0 spiro atoms. The molecule has 0 atom stereocenters. The van der Waals surface area contributed by atoms with E-state index in [9.17, 15) is 0 Å². The zero-order valence-electron chi connectivity index (χ0n) is 7.69. The van der Waals surface area contributed by atoms with Crippen LogP contribution in [0.25, 0.3) is 5.65 Å². The predicted molar refractivity (Wildman–Crippen MR) is 48.9 cm³/mol. The van der Waals surface area contributed by atoms with Crippen LogP contribution < -0.4 is 4.74 Å². The highest BCUT2D eigenvalue weighted by molar-refractivity contribution is 5.52. The summed E-state index contributed by atoms with van der Waals surface area (Å²) in [4.78, 5) is 4.14. The quantitative estimate of drug-likeness (QED) is 0.694. The monoisotopic (exact) mass is 177 g/mol. The molecule has 2 heterocycles. The molecular weight excluding hydrogens is 166 g/mol. The van der Waals surface area contributed by atoms with Crippen molar-refractivity contribution in [3.05, 3.63) is 24.2 Å². The fourth-order valence-corrected chi connectivity index (χ4v) is 1.26. The van der Waals surface area contributed by atoms with Crippen LogP contribution in [0.1, 0.15) is 12.6 Å². The van der Waals surface area contributed by atoms with E-state index in [1.165, 1.54) is 0 Å². The summed E-state index contributed by atoms with van der Waals surface area (Å²) in [6.07, 6.45) is 4.42. The van der Waals surface area contributed by atoms with Crippen molar-refractivity contribution in [3.63, 3.8) is 0 Å². The summed E-state index contributed by atoms with van der Waals surface area (Å²) in [5, 5.41) is 4.34. The Morgan fingerprint density at radius 3 is 3.08 bits per heavy atom. The molecule has 0 fully saturated rings. The van der Waals surface area contributed by atoms with E-state index < -0.39 is 0 Å². The third-order valence-corrected chi connectivity index (χ3v) is 1.96. The van der Waals surface area contributed by atoms with Crippen LogP contribution in [-0.4, -0.2) is 21.7 Å². The SMILES string of the molecule is CCc1cc(OC)c2nccn2n1. The largest absolute Gasteiger partial charge is 0.493 e. The zero-order chi connectivity index (χ0) is 9.26. The van der Waals surface area contributed by atoms with E-state index in [2.05, 4.69) is 17.0 Å². The number of fused-ring (bicyclic) bond motifs is 1. The van der Waals surface area contributed by atoms with Crippen LogP contribution in [0.2, 0.25) is 0 Å². The van der Waals surface area contributed by atoms with E-state index in [1.807, 2.05) is 12.3 Å². The summed E-state index contributed by atoms with van der Waals surface area (Å²) in [5.74, 6) is 0.775. The lowest BCUT2D eigenvalue weighted by molar-refractivity contribution is 0.414. The van der Waals surface area contributed by atoms with Crippen LogP contribution >= 0.6 is 0 Å². The fourth-order valence-electron chi connectivity index (χ4n) is 1.26. The number of ether oxygens (including phenoxy) is 1. The van der Waals surface area contributed by atoms with Crippen LogP contribution in [-0.2, 0) is 6.42 Å². The summed E-state index contributed by atoms with van der Waals surface area (Å²) in [7, 11) is 1.64. The molecule has 0 saturated heterocycles. The van der Waals surface area contributed by atoms with Gasteiger partial charge in [0.15, 0.2) is 11.4 Å². The molecule has 0 N–H and O–H groups in total. The van der Waals surface area contributed by atoms with Gasteiger partial charge in [0.25, 0.3) is 0 Å². The van der Waals surface area contributed by atoms with Gasteiger partial charge in [-0.3, -0.25) is 0 Å². The Morgan fingerprint density at radius 2 is 2.38 bits per heavy atom. The number of rotatable bonds is 2. The van der Waals surface area contributed by atoms with Crippen LogP contribution in [0.4, 0.5) is 0 Å². The Morgan fingerprint density at radius 1 is 1.54 bits per heavy atom. The topological polar surface area (TPSA) is 39.4 Å². The summed E-state index contributed by atoms with van der Waals surface area (Å²) in [6.45, 7) is 2.06. The number of hydrogen-bond donors (Lipinski definition) is 0. The van der Waals surface area contributed by atoms with E-state index in [1.54, 1.807) is 17.8 Å². The van der Waals surface area contributed by atoms with E-state index >= 15 is 0 Å². The lowest BCUT2D eigenvalue weighted by atomic mass is 10.3. The van der Waals surface area contributed by atoms with Crippen molar-refractivity contribution in [2.75, 3.05) is 7.11 Å². The van der Waals surface area contributed by atoms with E-state index in [-0.39, 0.29) is 0 Å². The molecule has 0 aliphatic rings. The smallest absolute Gasteiger partial charge is 0.196 e. The Hall–Kier alpha value is -1.58. The molecule has 0 unspecified atom stereocenters. The summed E-state index contributed by atoms with van der Waals surface area (Å²) >= 11 is 0. The van der Waals surface area contributed by atoms with Gasteiger partial charge in [-0.2, -0.15) is 5.10 Å². The molecule has 4 heteroatoms. The molecule has 0 aromatic carbocycles. The van der Waals surface area contributed by atoms with Crippen molar-refractivity contribution in [3.8, 4) is 5.75 Å². The van der Waals surface area contributed by atoms with Crippen molar-refractivity contribution in [2.24, 2.45) is 0 Å². The molecular formula is C9H11N3O. The minimum atomic E-state index is 0.764. The Bertz CT molecular complexity index is 422. The summed E-state index contributed by atoms with van der Waals surface area (Å²) < 4.78 is 6.94. The minimum Gasteiger partial charge on any atom is -0.493 e. The number of methoxy groups -OCH3 is 1. The summed E-state index contributed by atoms with van der Waals surface area (Å²) in [5.41, 5.74) is 1.77. The second kappa shape index (κ2) is 3.05. The maximum Gasteiger partial charge on any atom is 0.196 e. The first-order valence-corrected chi connectivity index (χ1v) is 4.22. The summed E-state index contributed by atoms with van der Waals surface area (Å²) in [6, 6.07) is 1.92. The van der Waals surface area contributed by atoms with E-state index in [4.69, 9.17) is 4.74 Å². The van der Waals surface area contributed by atoms with Crippen LogP contribution in [0.3, 0.4) is 0 Å².